The van der Waals surface area contributed by atoms with Crippen molar-refractivity contribution >= 4 is 17.6 Å². The number of piperazine rings is 1. The summed E-state index contributed by atoms with van der Waals surface area (Å²) in [6.45, 7) is 4.56. The lowest BCUT2D eigenvalue weighted by atomic mass is 10.3. The van der Waals surface area contributed by atoms with E-state index in [1.807, 2.05) is 25.1 Å². The molecule has 0 radical (unpaired) electrons. The molecule has 0 unspecified atom stereocenters. The Balaban J connectivity index is 1.47. The molecule has 2 amide bonds. The maximum absolute atomic E-state index is 12.3. The average molecular weight is 342 g/mol. The van der Waals surface area contributed by atoms with Gasteiger partial charge in [0.25, 0.3) is 5.91 Å². The molecule has 1 N–H and O–H groups in total. The van der Waals surface area contributed by atoms with Crippen LogP contribution in [0.15, 0.2) is 30.5 Å². The second-order valence-electron chi connectivity index (χ2n) is 6.03. The van der Waals surface area contributed by atoms with E-state index in [4.69, 9.17) is 0 Å². The third-order valence-corrected chi connectivity index (χ3v) is 4.35. The molecule has 1 fully saturated rings. The number of carbonyl (C=O) groups is 2. The van der Waals surface area contributed by atoms with Crippen molar-refractivity contribution in [3.05, 3.63) is 41.9 Å². The molecule has 0 atom stereocenters. The van der Waals surface area contributed by atoms with E-state index in [1.165, 1.54) is 0 Å². The van der Waals surface area contributed by atoms with Crippen LogP contribution >= 0.6 is 0 Å². The summed E-state index contributed by atoms with van der Waals surface area (Å²) in [7, 11) is 1.78. The number of anilines is 1. The fraction of sp³-hybridized carbons (Fsp3) is 0.412. The Morgan fingerprint density at radius 1 is 1.20 bits per heavy atom. The minimum atomic E-state index is -0.329. The van der Waals surface area contributed by atoms with Crippen molar-refractivity contribution in [3.8, 4) is 0 Å². The highest BCUT2D eigenvalue weighted by Crippen LogP contribution is 2.12. The van der Waals surface area contributed by atoms with Crippen molar-refractivity contribution in [2.45, 2.75) is 6.92 Å². The van der Waals surface area contributed by atoms with Gasteiger partial charge in [-0.2, -0.15) is 5.10 Å². The van der Waals surface area contributed by atoms with Crippen LogP contribution in [0.5, 0.6) is 0 Å². The highest BCUT2D eigenvalue weighted by Gasteiger charge is 2.22. The molecule has 8 nitrogen and oxygen atoms in total. The molecule has 2 aromatic rings. The van der Waals surface area contributed by atoms with Crippen LogP contribution in [0.4, 0.5) is 5.82 Å². The molecular weight excluding hydrogens is 320 g/mol. The molecule has 1 aliphatic heterocycles. The van der Waals surface area contributed by atoms with Crippen LogP contribution in [0.25, 0.3) is 0 Å². The van der Waals surface area contributed by atoms with E-state index in [0.29, 0.717) is 18.8 Å². The molecule has 8 heteroatoms. The van der Waals surface area contributed by atoms with Crippen LogP contribution in [0.2, 0.25) is 0 Å². The van der Waals surface area contributed by atoms with E-state index in [2.05, 4.69) is 20.3 Å². The summed E-state index contributed by atoms with van der Waals surface area (Å²) >= 11 is 0. The topological polar surface area (TPSA) is 83.4 Å². The third-order valence-electron chi connectivity index (χ3n) is 4.35. The van der Waals surface area contributed by atoms with E-state index >= 15 is 0 Å². The molecule has 0 spiro atoms. The zero-order valence-electron chi connectivity index (χ0n) is 14.5. The van der Waals surface area contributed by atoms with Gasteiger partial charge in [-0.1, -0.05) is 6.07 Å². The maximum Gasteiger partial charge on any atom is 0.272 e. The summed E-state index contributed by atoms with van der Waals surface area (Å²) in [4.78, 5) is 32.6. The van der Waals surface area contributed by atoms with Crippen molar-refractivity contribution in [2.75, 3.05) is 37.6 Å². The highest BCUT2D eigenvalue weighted by molar-refractivity contribution is 5.95. The number of amides is 2. The van der Waals surface area contributed by atoms with Gasteiger partial charge in [-0.3, -0.25) is 14.3 Å². The number of hydrogen-bond donors (Lipinski definition) is 1. The molecule has 25 heavy (non-hydrogen) atoms. The van der Waals surface area contributed by atoms with Gasteiger partial charge in [-0.05, 0) is 25.1 Å². The van der Waals surface area contributed by atoms with E-state index in [0.717, 1.165) is 24.6 Å². The van der Waals surface area contributed by atoms with Gasteiger partial charge >= 0.3 is 0 Å². The molecule has 2 aromatic heterocycles. The second-order valence-corrected chi connectivity index (χ2v) is 6.03. The minimum absolute atomic E-state index is 0.0158. The molecule has 0 bridgehead atoms. The maximum atomic E-state index is 12.3. The summed E-state index contributed by atoms with van der Waals surface area (Å²) in [5, 5.41) is 6.76. The predicted molar refractivity (Wildman–Crippen MR) is 93.3 cm³/mol. The Labute approximate surface area is 146 Å². The molecule has 0 aromatic carbocycles. The lowest BCUT2D eigenvalue weighted by molar-refractivity contribution is -0.130. The van der Waals surface area contributed by atoms with Crippen molar-refractivity contribution in [1.29, 1.82) is 0 Å². The Morgan fingerprint density at radius 3 is 2.56 bits per heavy atom. The SMILES string of the molecule is Cc1cc(C(=O)NCC(=O)N2CCN(c3ccccn3)CC2)nn1C. The Hall–Kier alpha value is -2.90. The fourth-order valence-corrected chi connectivity index (χ4v) is 2.76. The molecule has 0 aliphatic carbocycles. The molecule has 0 saturated carbocycles. The summed E-state index contributed by atoms with van der Waals surface area (Å²) in [5.74, 6) is 0.513. The van der Waals surface area contributed by atoms with Crippen molar-refractivity contribution < 1.29 is 9.59 Å². The molecule has 132 valence electrons. The number of hydrogen-bond acceptors (Lipinski definition) is 5. The van der Waals surface area contributed by atoms with Gasteiger partial charge in [0.05, 0.1) is 6.54 Å². The van der Waals surface area contributed by atoms with Crippen LogP contribution < -0.4 is 10.2 Å². The van der Waals surface area contributed by atoms with Gasteiger partial charge in [0.1, 0.15) is 11.5 Å². The lowest BCUT2D eigenvalue weighted by Crippen LogP contribution is -2.51. The van der Waals surface area contributed by atoms with Crippen LogP contribution in [-0.4, -0.2) is 64.2 Å². The van der Waals surface area contributed by atoms with E-state index in [-0.39, 0.29) is 18.4 Å². The molecule has 3 heterocycles. The Kier molecular flexibility index (Phi) is 4.97. The predicted octanol–water partition coefficient (Wildman–Crippen LogP) is 0.202. The highest BCUT2D eigenvalue weighted by atomic mass is 16.2. The first-order valence-corrected chi connectivity index (χ1v) is 8.27. The van der Waals surface area contributed by atoms with Gasteiger partial charge in [-0.15, -0.1) is 0 Å². The normalized spacial score (nSPS) is 14.5. The van der Waals surface area contributed by atoms with Gasteiger partial charge in [0.2, 0.25) is 5.91 Å². The number of carbonyl (C=O) groups excluding carboxylic acids is 2. The number of rotatable bonds is 4. The smallest absolute Gasteiger partial charge is 0.272 e. The minimum Gasteiger partial charge on any atom is -0.353 e. The van der Waals surface area contributed by atoms with E-state index in [9.17, 15) is 9.59 Å². The van der Waals surface area contributed by atoms with Crippen LogP contribution in [-0.2, 0) is 11.8 Å². The first-order chi connectivity index (χ1) is 12.0. The van der Waals surface area contributed by atoms with Crippen LogP contribution in [0.3, 0.4) is 0 Å². The van der Waals surface area contributed by atoms with Crippen molar-refractivity contribution in [3.63, 3.8) is 0 Å². The lowest BCUT2D eigenvalue weighted by Gasteiger charge is -2.35. The van der Waals surface area contributed by atoms with E-state index in [1.54, 1.807) is 28.9 Å². The number of pyridine rings is 1. The number of nitrogens with zero attached hydrogens (tertiary/aromatic N) is 5. The molecule has 1 saturated heterocycles. The summed E-state index contributed by atoms with van der Waals surface area (Å²) in [5.41, 5.74) is 1.22. The number of aryl methyl sites for hydroxylation is 2. The standard InChI is InChI=1S/C17H22N6O2/c1-13-11-14(20-21(13)2)17(25)19-12-16(24)23-9-7-22(8-10-23)15-5-3-4-6-18-15/h3-6,11H,7-10,12H2,1-2H3,(H,19,25). The number of aromatic nitrogens is 3. The third kappa shape index (κ3) is 3.96. The summed E-state index contributed by atoms with van der Waals surface area (Å²) in [6.07, 6.45) is 1.77. The summed E-state index contributed by atoms with van der Waals surface area (Å²) < 4.78 is 1.63. The number of nitrogens with one attached hydrogen (secondary N) is 1. The first kappa shape index (κ1) is 16.9. The monoisotopic (exact) mass is 342 g/mol. The first-order valence-electron chi connectivity index (χ1n) is 8.27. The molecular formula is C17H22N6O2. The van der Waals surface area contributed by atoms with Crippen molar-refractivity contribution in [1.82, 2.24) is 25.0 Å². The fourth-order valence-electron chi connectivity index (χ4n) is 2.76. The molecule has 1 aliphatic rings. The van der Waals surface area contributed by atoms with Crippen LogP contribution in [0.1, 0.15) is 16.2 Å². The van der Waals surface area contributed by atoms with Crippen molar-refractivity contribution in [2.24, 2.45) is 7.05 Å². The molecule has 3 rings (SSSR count). The summed E-state index contributed by atoms with van der Waals surface area (Å²) in [6, 6.07) is 7.50. The quantitative estimate of drug-likeness (QED) is 0.858. The van der Waals surface area contributed by atoms with E-state index < -0.39 is 0 Å². The zero-order valence-corrected chi connectivity index (χ0v) is 14.5. The van der Waals surface area contributed by atoms with Gasteiger partial charge in [-0.25, -0.2) is 4.98 Å². The average Bonchev–Trinajstić information content (AvgIpc) is 2.99. The Morgan fingerprint density at radius 2 is 1.96 bits per heavy atom. The van der Waals surface area contributed by atoms with Gasteiger partial charge < -0.3 is 15.1 Å². The second kappa shape index (κ2) is 7.33. The van der Waals surface area contributed by atoms with Gasteiger partial charge in [0, 0.05) is 45.1 Å². The van der Waals surface area contributed by atoms with Crippen LogP contribution in [0, 0.1) is 6.92 Å². The largest absolute Gasteiger partial charge is 0.353 e. The van der Waals surface area contributed by atoms with Gasteiger partial charge in [0.15, 0.2) is 0 Å². The Bertz CT molecular complexity index is 730. The zero-order chi connectivity index (χ0) is 17.8.